The summed E-state index contributed by atoms with van der Waals surface area (Å²) in [5.41, 5.74) is 3.13. The predicted octanol–water partition coefficient (Wildman–Crippen LogP) is 7.30. The highest BCUT2D eigenvalue weighted by Crippen LogP contribution is 2.28. The Kier molecular flexibility index (Phi) is 7.91. The predicted molar refractivity (Wildman–Crippen MR) is 131 cm³/mol. The summed E-state index contributed by atoms with van der Waals surface area (Å²) in [4.78, 5) is 12.6. The molecule has 4 nitrogen and oxygen atoms in total. The highest BCUT2D eigenvalue weighted by Gasteiger charge is 2.12. The van der Waals surface area contributed by atoms with Crippen molar-refractivity contribution in [2.24, 2.45) is 0 Å². The van der Waals surface area contributed by atoms with Crippen molar-refractivity contribution in [2.75, 3.05) is 5.32 Å². The van der Waals surface area contributed by atoms with Gasteiger partial charge in [-0.05, 0) is 82.0 Å². The molecule has 3 aromatic carbocycles. The monoisotopic (exact) mass is 558 g/mol. The molecule has 3 rings (SSSR count). The van der Waals surface area contributed by atoms with Crippen LogP contribution >= 0.6 is 43.5 Å². The molecule has 0 aliphatic rings. The summed E-state index contributed by atoms with van der Waals surface area (Å²) >= 11 is 12.9. The van der Waals surface area contributed by atoms with E-state index in [1.807, 2.05) is 37.3 Å². The van der Waals surface area contributed by atoms with E-state index in [0.717, 1.165) is 20.1 Å². The van der Waals surface area contributed by atoms with Gasteiger partial charge in [-0.1, -0.05) is 51.8 Å². The molecule has 156 valence electrons. The van der Waals surface area contributed by atoms with Crippen molar-refractivity contribution in [1.29, 1.82) is 5.26 Å². The van der Waals surface area contributed by atoms with Gasteiger partial charge >= 0.3 is 0 Å². The first-order valence-electron chi connectivity index (χ1n) is 9.22. The second-order valence-corrected chi connectivity index (χ2v) is 8.89. The lowest BCUT2D eigenvalue weighted by molar-refractivity contribution is -0.112. The van der Waals surface area contributed by atoms with Crippen LogP contribution in [0.1, 0.15) is 16.7 Å². The van der Waals surface area contributed by atoms with Gasteiger partial charge in [0, 0.05) is 15.2 Å². The molecule has 1 amide bonds. The number of hydrogen-bond donors (Lipinski definition) is 1. The van der Waals surface area contributed by atoms with Crippen LogP contribution in [0.5, 0.6) is 5.75 Å². The maximum atomic E-state index is 12.6. The van der Waals surface area contributed by atoms with E-state index in [9.17, 15) is 10.1 Å². The van der Waals surface area contributed by atoms with Gasteiger partial charge in [0.05, 0.1) is 4.47 Å². The van der Waals surface area contributed by atoms with Crippen LogP contribution in [-0.4, -0.2) is 5.91 Å². The summed E-state index contributed by atoms with van der Waals surface area (Å²) in [6.07, 6.45) is 1.53. The summed E-state index contributed by atoms with van der Waals surface area (Å²) in [7, 11) is 0. The molecule has 0 spiro atoms. The zero-order chi connectivity index (χ0) is 22.4. The number of nitriles is 1. The van der Waals surface area contributed by atoms with Crippen molar-refractivity contribution in [2.45, 2.75) is 13.5 Å². The van der Waals surface area contributed by atoms with Crippen LogP contribution in [0.3, 0.4) is 0 Å². The van der Waals surface area contributed by atoms with Crippen LogP contribution in [0.2, 0.25) is 5.02 Å². The highest BCUT2D eigenvalue weighted by atomic mass is 79.9. The Hall–Kier alpha value is -2.59. The summed E-state index contributed by atoms with van der Waals surface area (Å²) in [6.45, 7) is 2.28. The third kappa shape index (κ3) is 6.44. The maximum absolute atomic E-state index is 12.6. The van der Waals surface area contributed by atoms with Crippen LogP contribution < -0.4 is 10.1 Å². The average Bonchev–Trinajstić information content (AvgIpc) is 2.75. The highest BCUT2D eigenvalue weighted by molar-refractivity contribution is 9.10. The van der Waals surface area contributed by atoms with Crippen LogP contribution in [0.15, 0.2) is 75.2 Å². The number of halogens is 3. The maximum Gasteiger partial charge on any atom is 0.266 e. The van der Waals surface area contributed by atoms with Crippen LogP contribution in [0.25, 0.3) is 6.08 Å². The van der Waals surface area contributed by atoms with Crippen LogP contribution in [-0.2, 0) is 11.4 Å². The summed E-state index contributed by atoms with van der Waals surface area (Å²) in [5.74, 6) is 0.164. The SMILES string of the molecule is Cc1ccc(Cl)cc1NC(=O)/C(C#N)=C/c1ccc(OCc2ccc(Br)cc2)c(Br)c1. The average molecular weight is 561 g/mol. The number of aryl methyl sites for hydroxylation is 1. The first kappa shape index (κ1) is 23.1. The zero-order valence-electron chi connectivity index (χ0n) is 16.5. The summed E-state index contributed by atoms with van der Waals surface area (Å²) in [5, 5.41) is 12.7. The number of carbonyl (C=O) groups excluding carboxylic acids is 1. The third-order valence-corrected chi connectivity index (χ3v) is 5.77. The number of amides is 1. The number of ether oxygens (including phenoxy) is 1. The molecule has 31 heavy (non-hydrogen) atoms. The largest absolute Gasteiger partial charge is 0.488 e. The van der Waals surface area contributed by atoms with Crippen LogP contribution in [0, 0.1) is 18.3 Å². The van der Waals surface area contributed by atoms with Gasteiger partial charge in [0.1, 0.15) is 24.0 Å². The van der Waals surface area contributed by atoms with E-state index in [0.29, 0.717) is 28.6 Å². The van der Waals surface area contributed by atoms with Crippen LogP contribution in [0.4, 0.5) is 5.69 Å². The molecule has 0 bridgehead atoms. The van der Waals surface area contributed by atoms with Gasteiger partial charge in [-0.15, -0.1) is 0 Å². The standard InChI is InChI=1S/C24H17Br2ClN2O2/c1-15-2-8-20(27)12-22(15)29-24(30)18(13-28)10-17-5-9-23(21(26)11-17)31-14-16-3-6-19(25)7-4-16/h2-12H,14H2,1H3,(H,29,30)/b18-10+. The third-order valence-electron chi connectivity index (χ3n) is 4.39. The number of anilines is 1. The minimum Gasteiger partial charge on any atom is -0.488 e. The number of nitrogens with zero attached hydrogens (tertiary/aromatic N) is 1. The van der Waals surface area contributed by atoms with Crippen molar-refractivity contribution in [3.05, 3.63) is 96.9 Å². The van der Waals surface area contributed by atoms with Gasteiger partial charge in [-0.25, -0.2) is 0 Å². The molecule has 0 aliphatic carbocycles. The number of hydrogen-bond acceptors (Lipinski definition) is 3. The topological polar surface area (TPSA) is 62.1 Å². The molecule has 0 atom stereocenters. The zero-order valence-corrected chi connectivity index (χ0v) is 20.4. The first-order valence-corrected chi connectivity index (χ1v) is 11.2. The molecule has 0 unspecified atom stereocenters. The van der Waals surface area contributed by atoms with E-state index in [2.05, 4.69) is 37.2 Å². The molecule has 0 heterocycles. The molecule has 7 heteroatoms. The molecule has 0 saturated carbocycles. The van der Waals surface area contributed by atoms with Gasteiger partial charge < -0.3 is 10.1 Å². The number of benzene rings is 3. The lowest BCUT2D eigenvalue weighted by Crippen LogP contribution is -2.14. The first-order chi connectivity index (χ1) is 14.9. The lowest BCUT2D eigenvalue weighted by atomic mass is 10.1. The summed E-state index contributed by atoms with van der Waals surface area (Å²) < 4.78 is 7.59. The van der Waals surface area contributed by atoms with Crippen molar-refractivity contribution in [3.63, 3.8) is 0 Å². The smallest absolute Gasteiger partial charge is 0.266 e. The van der Waals surface area contributed by atoms with Crippen molar-refractivity contribution < 1.29 is 9.53 Å². The molecular formula is C24H17Br2ClN2O2. The lowest BCUT2D eigenvalue weighted by Gasteiger charge is -2.10. The van der Waals surface area contributed by atoms with Gasteiger partial charge in [-0.2, -0.15) is 5.26 Å². The van der Waals surface area contributed by atoms with E-state index in [1.165, 1.54) is 6.08 Å². The molecule has 1 N–H and O–H groups in total. The van der Waals surface area contributed by atoms with E-state index in [-0.39, 0.29) is 5.57 Å². The second kappa shape index (κ2) is 10.6. The Bertz CT molecular complexity index is 1190. The summed E-state index contributed by atoms with van der Waals surface area (Å²) in [6, 6.07) is 20.4. The van der Waals surface area contributed by atoms with Crippen molar-refractivity contribution in [1.82, 2.24) is 0 Å². The molecule has 0 fully saturated rings. The van der Waals surface area contributed by atoms with E-state index < -0.39 is 5.91 Å². The Balaban J connectivity index is 1.72. The Morgan fingerprint density at radius 1 is 1.13 bits per heavy atom. The fraction of sp³-hybridized carbons (Fsp3) is 0.0833. The van der Waals surface area contributed by atoms with Gasteiger partial charge in [-0.3, -0.25) is 4.79 Å². The molecular weight excluding hydrogens is 544 g/mol. The minimum absolute atomic E-state index is 0.0187. The second-order valence-electron chi connectivity index (χ2n) is 6.69. The molecule has 0 aromatic heterocycles. The minimum atomic E-state index is -0.500. The van der Waals surface area contributed by atoms with Crippen molar-refractivity contribution in [3.8, 4) is 11.8 Å². The fourth-order valence-electron chi connectivity index (χ4n) is 2.70. The van der Waals surface area contributed by atoms with E-state index in [4.69, 9.17) is 16.3 Å². The van der Waals surface area contributed by atoms with E-state index >= 15 is 0 Å². The normalized spacial score (nSPS) is 11.0. The van der Waals surface area contributed by atoms with Crippen molar-refractivity contribution >= 4 is 61.1 Å². The molecule has 0 saturated heterocycles. The Labute approximate surface area is 202 Å². The number of rotatable bonds is 6. The molecule has 0 radical (unpaired) electrons. The van der Waals surface area contributed by atoms with E-state index in [1.54, 1.807) is 36.4 Å². The quantitative estimate of drug-likeness (QED) is 0.254. The van der Waals surface area contributed by atoms with Gasteiger partial charge in [0.15, 0.2) is 0 Å². The number of carbonyl (C=O) groups is 1. The Morgan fingerprint density at radius 2 is 1.87 bits per heavy atom. The molecule has 3 aromatic rings. The van der Waals surface area contributed by atoms with Gasteiger partial charge in [0.2, 0.25) is 0 Å². The fourth-order valence-corrected chi connectivity index (χ4v) is 3.65. The number of nitrogens with one attached hydrogen (secondary N) is 1. The molecule has 0 aliphatic heterocycles. The van der Waals surface area contributed by atoms with Gasteiger partial charge in [0.25, 0.3) is 5.91 Å². The Morgan fingerprint density at radius 3 is 2.55 bits per heavy atom.